The molecule has 1 unspecified atom stereocenters. The maximum Gasteiger partial charge on any atom is 0.336 e. The Morgan fingerprint density at radius 3 is 2.53 bits per heavy atom. The second-order valence-corrected chi connectivity index (χ2v) is 9.92. The molecular weight excluding hydrogens is 420 g/mol. The van der Waals surface area contributed by atoms with Crippen LogP contribution in [0, 0.1) is 6.92 Å². The lowest BCUT2D eigenvalue weighted by Crippen LogP contribution is -2.23. The van der Waals surface area contributed by atoms with Crippen LogP contribution >= 0.6 is 11.8 Å². The number of benzene rings is 1. The van der Waals surface area contributed by atoms with Gasteiger partial charge in [-0.25, -0.2) is 4.79 Å². The van der Waals surface area contributed by atoms with Crippen LogP contribution in [0.2, 0.25) is 0 Å². The summed E-state index contributed by atoms with van der Waals surface area (Å²) < 4.78 is 7.78. The van der Waals surface area contributed by atoms with E-state index in [1.165, 1.54) is 5.56 Å². The zero-order chi connectivity index (χ0) is 23.4. The molecule has 3 aromatic rings. The summed E-state index contributed by atoms with van der Waals surface area (Å²) in [6, 6.07) is 6.03. The first kappa shape index (κ1) is 24.5. The van der Waals surface area contributed by atoms with E-state index in [2.05, 4.69) is 74.4 Å². The van der Waals surface area contributed by atoms with E-state index >= 15 is 0 Å². The topological polar surface area (TPSA) is 64.2 Å². The van der Waals surface area contributed by atoms with Gasteiger partial charge in [-0.2, -0.15) is 0 Å². The fraction of sp³-hybridized carbons (Fsp3) is 0.560. The zero-order valence-corrected chi connectivity index (χ0v) is 21.3. The van der Waals surface area contributed by atoms with E-state index in [4.69, 9.17) is 4.42 Å². The molecule has 0 N–H and O–H groups in total. The van der Waals surface area contributed by atoms with Gasteiger partial charge in [0.05, 0.1) is 6.04 Å². The Kier molecular flexibility index (Phi) is 8.17. The van der Waals surface area contributed by atoms with Gasteiger partial charge >= 0.3 is 5.63 Å². The monoisotopic (exact) mass is 456 g/mol. The fourth-order valence-electron chi connectivity index (χ4n) is 4.23. The summed E-state index contributed by atoms with van der Waals surface area (Å²) in [5.41, 5.74) is 3.76. The lowest BCUT2D eigenvalue weighted by Gasteiger charge is -2.23. The summed E-state index contributed by atoms with van der Waals surface area (Å²) in [5.74, 6) is 2.07. The van der Waals surface area contributed by atoms with Crippen molar-refractivity contribution in [2.75, 3.05) is 14.1 Å². The van der Waals surface area contributed by atoms with Crippen LogP contribution in [0.4, 0.5) is 0 Å². The summed E-state index contributed by atoms with van der Waals surface area (Å²) in [6.45, 7) is 11.7. The molecule has 0 radical (unpaired) electrons. The van der Waals surface area contributed by atoms with Crippen molar-refractivity contribution in [3.63, 3.8) is 0 Å². The molecule has 2 heterocycles. The van der Waals surface area contributed by atoms with Crippen LogP contribution in [0.5, 0.6) is 0 Å². The molecule has 1 atom stereocenters. The van der Waals surface area contributed by atoms with Crippen molar-refractivity contribution >= 4 is 22.7 Å². The Morgan fingerprint density at radius 2 is 1.91 bits per heavy atom. The first-order valence-corrected chi connectivity index (χ1v) is 12.5. The normalized spacial score (nSPS) is 12.9. The molecule has 0 saturated heterocycles. The zero-order valence-electron chi connectivity index (χ0n) is 20.4. The van der Waals surface area contributed by atoms with Gasteiger partial charge in [-0.15, -0.1) is 10.2 Å². The Bertz CT molecular complexity index is 1120. The van der Waals surface area contributed by atoms with Gasteiger partial charge in [0.2, 0.25) is 0 Å². The molecule has 0 saturated carbocycles. The number of hydrogen-bond acceptors (Lipinski definition) is 6. The van der Waals surface area contributed by atoms with E-state index in [9.17, 15) is 4.79 Å². The van der Waals surface area contributed by atoms with E-state index in [0.29, 0.717) is 17.3 Å². The van der Waals surface area contributed by atoms with Crippen LogP contribution in [0.25, 0.3) is 11.0 Å². The van der Waals surface area contributed by atoms with Crippen LogP contribution in [0.3, 0.4) is 0 Å². The van der Waals surface area contributed by atoms with Crippen molar-refractivity contribution < 1.29 is 4.42 Å². The summed E-state index contributed by atoms with van der Waals surface area (Å²) in [7, 11) is 4.17. The molecule has 0 amide bonds. The Hall–Kier alpha value is -2.12. The van der Waals surface area contributed by atoms with Crippen LogP contribution in [-0.2, 0) is 12.3 Å². The Morgan fingerprint density at radius 1 is 1.16 bits per heavy atom. The molecule has 0 aliphatic rings. The number of aryl methyl sites for hydroxylation is 1. The average molecular weight is 457 g/mol. The van der Waals surface area contributed by atoms with Gasteiger partial charge < -0.3 is 8.98 Å². The van der Waals surface area contributed by atoms with Gasteiger partial charge in [-0.1, -0.05) is 45.9 Å². The lowest BCUT2D eigenvalue weighted by atomic mass is 9.95. The van der Waals surface area contributed by atoms with Crippen LogP contribution in [0.15, 0.2) is 32.6 Å². The molecule has 0 bridgehead atoms. The van der Waals surface area contributed by atoms with Crippen molar-refractivity contribution in [2.24, 2.45) is 0 Å². The summed E-state index contributed by atoms with van der Waals surface area (Å²) in [6.07, 6.45) is 3.17. The van der Waals surface area contributed by atoms with Crippen molar-refractivity contribution in [1.82, 2.24) is 19.7 Å². The third-order valence-corrected chi connectivity index (χ3v) is 7.00. The molecule has 1 aromatic carbocycles. The highest BCUT2D eigenvalue weighted by Crippen LogP contribution is 2.31. The summed E-state index contributed by atoms with van der Waals surface area (Å²) in [5, 5.41) is 11.0. The molecule has 0 spiro atoms. The number of nitrogens with zero attached hydrogens (tertiary/aromatic N) is 4. The summed E-state index contributed by atoms with van der Waals surface area (Å²) >= 11 is 1.64. The molecule has 0 fully saturated rings. The number of fused-ring (bicyclic) bond motifs is 1. The molecule has 2 aromatic heterocycles. The van der Waals surface area contributed by atoms with Gasteiger partial charge in [0.1, 0.15) is 5.58 Å². The third-order valence-electron chi connectivity index (χ3n) is 5.98. The van der Waals surface area contributed by atoms with Gasteiger partial charge in [-0.05, 0) is 68.6 Å². The summed E-state index contributed by atoms with van der Waals surface area (Å²) in [4.78, 5) is 14.4. The predicted octanol–water partition coefficient (Wildman–Crippen LogP) is 5.92. The molecule has 0 aliphatic heterocycles. The van der Waals surface area contributed by atoms with Crippen molar-refractivity contribution in [3.8, 4) is 0 Å². The quantitative estimate of drug-likeness (QED) is 0.279. The number of unbranched alkanes of at least 4 members (excludes halogenated alkanes) is 1. The van der Waals surface area contributed by atoms with Gasteiger partial charge in [0.15, 0.2) is 11.0 Å². The first-order valence-electron chi connectivity index (χ1n) is 11.6. The maximum absolute atomic E-state index is 12.2. The molecule has 0 aliphatic carbocycles. The van der Waals surface area contributed by atoms with Crippen LogP contribution in [-0.4, -0.2) is 33.8 Å². The number of aromatic nitrogens is 3. The smallest absolute Gasteiger partial charge is 0.336 e. The molecule has 6 nitrogen and oxygen atoms in total. The Balaban J connectivity index is 1.98. The second-order valence-electron chi connectivity index (χ2n) is 8.97. The minimum absolute atomic E-state index is 0.231. The largest absolute Gasteiger partial charge is 0.423 e. The van der Waals surface area contributed by atoms with E-state index in [1.807, 2.05) is 6.07 Å². The number of hydrogen-bond donors (Lipinski definition) is 0. The molecule has 7 heteroatoms. The fourth-order valence-corrected chi connectivity index (χ4v) is 5.20. The molecule has 3 rings (SSSR count). The van der Waals surface area contributed by atoms with Crippen LogP contribution in [0.1, 0.15) is 81.4 Å². The van der Waals surface area contributed by atoms with Gasteiger partial charge in [0.25, 0.3) is 0 Å². The standard InChI is InChI=1S/C25H36N4O2S/c1-8-10-11-29-24(21(9-2)28(6)7)26-27-25(29)32-15-18-13-23(30)31-22-12-17(5)19(16(3)4)14-20(18)22/h12-14,16,21H,8-11,15H2,1-7H3. The van der Waals surface area contributed by atoms with Crippen molar-refractivity contribution in [1.29, 1.82) is 0 Å². The molecular formula is C25H36N4O2S. The first-order chi connectivity index (χ1) is 15.3. The van der Waals surface area contributed by atoms with Crippen LogP contribution < -0.4 is 5.63 Å². The number of rotatable bonds is 10. The van der Waals surface area contributed by atoms with E-state index in [0.717, 1.165) is 53.3 Å². The highest BCUT2D eigenvalue weighted by atomic mass is 32.2. The highest BCUT2D eigenvalue weighted by Gasteiger charge is 2.22. The van der Waals surface area contributed by atoms with E-state index in [1.54, 1.807) is 17.8 Å². The van der Waals surface area contributed by atoms with Gasteiger partial charge in [-0.3, -0.25) is 4.90 Å². The maximum atomic E-state index is 12.2. The lowest BCUT2D eigenvalue weighted by molar-refractivity contribution is 0.270. The highest BCUT2D eigenvalue weighted by molar-refractivity contribution is 7.98. The van der Waals surface area contributed by atoms with Crippen molar-refractivity contribution in [2.45, 2.75) is 83.3 Å². The minimum Gasteiger partial charge on any atom is -0.423 e. The third kappa shape index (κ3) is 5.26. The number of thioether (sulfide) groups is 1. The minimum atomic E-state index is -0.309. The molecule has 174 valence electrons. The van der Waals surface area contributed by atoms with E-state index in [-0.39, 0.29) is 11.7 Å². The SMILES string of the molecule is CCCCn1c(SCc2cc(=O)oc3cc(C)c(C(C)C)cc23)nnc1C(CC)N(C)C. The van der Waals surface area contributed by atoms with Gasteiger partial charge in [0, 0.05) is 23.8 Å². The predicted molar refractivity (Wildman–Crippen MR) is 133 cm³/mol. The molecule has 32 heavy (non-hydrogen) atoms. The van der Waals surface area contributed by atoms with E-state index < -0.39 is 0 Å². The average Bonchev–Trinajstić information content (AvgIpc) is 3.12. The Labute approximate surface area is 195 Å². The van der Waals surface area contributed by atoms with Crippen molar-refractivity contribution in [3.05, 3.63) is 51.1 Å². The second kappa shape index (κ2) is 10.7.